The van der Waals surface area contributed by atoms with E-state index >= 15 is 0 Å². The van der Waals surface area contributed by atoms with Crippen molar-refractivity contribution in [1.82, 2.24) is 4.98 Å². The molecule has 0 atom stereocenters. The van der Waals surface area contributed by atoms with Crippen LogP contribution in [0.25, 0.3) is 0 Å². The molecule has 0 saturated carbocycles. The van der Waals surface area contributed by atoms with Gasteiger partial charge in [0.05, 0.1) is 10.6 Å². The van der Waals surface area contributed by atoms with Gasteiger partial charge in [0.15, 0.2) is 0 Å². The van der Waals surface area contributed by atoms with Crippen LogP contribution in [-0.4, -0.2) is 10.9 Å². The van der Waals surface area contributed by atoms with Gasteiger partial charge in [-0.05, 0) is 40.2 Å². The maximum atomic E-state index is 11.9. The summed E-state index contributed by atoms with van der Waals surface area (Å²) in [6.45, 7) is 0. The van der Waals surface area contributed by atoms with Gasteiger partial charge in [0, 0.05) is 10.7 Å². The summed E-state index contributed by atoms with van der Waals surface area (Å²) in [6.07, 6.45) is 1.61. The van der Waals surface area contributed by atoms with E-state index in [1.54, 1.807) is 42.6 Å². The molecular weight excluding hydrogens is 304 g/mol. The number of nitrogens with one attached hydrogen (secondary N) is 1. The molecule has 0 unspecified atom stereocenters. The molecule has 0 aliphatic heterocycles. The van der Waals surface area contributed by atoms with Gasteiger partial charge < -0.3 is 5.32 Å². The third kappa shape index (κ3) is 2.84. The van der Waals surface area contributed by atoms with Crippen molar-refractivity contribution in [3.05, 3.63) is 57.7 Å². The van der Waals surface area contributed by atoms with Crippen molar-refractivity contribution in [2.24, 2.45) is 0 Å². The number of hydrogen-bond acceptors (Lipinski definition) is 2. The van der Waals surface area contributed by atoms with Gasteiger partial charge in [0.2, 0.25) is 0 Å². The number of carbonyl (C=O) groups excluding carboxylic acids is 1. The van der Waals surface area contributed by atoms with Gasteiger partial charge >= 0.3 is 0 Å². The predicted octanol–water partition coefficient (Wildman–Crippen LogP) is 3.75. The Labute approximate surface area is 112 Å². The third-order valence-electron chi connectivity index (χ3n) is 2.10. The average Bonchev–Trinajstić information content (AvgIpc) is 2.34. The standard InChI is InChI=1S/C12H8BrClN2O/c13-9-5-3-4-8(11(9)14)12(17)16-10-6-1-2-7-15-10/h1-7H,(H,15,16,17). The Hall–Kier alpha value is -1.39. The molecule has 1 amide bonds. The second kappa shape index (κ2) is 5.29. The zero-order chi connectivity index (χ0) is 12.3. The van der Waals surface area contributed by atoms with Crippen molar-refractivity contribution in [2.75, 3.05) is 5.32 Å². The lowest BCUT2D eigenvalue weighted by Gasteiger charge is -2.06. The van der Waals surface area contributed by atoms with Crippen molar-refractivity contribution in [3.63, 3.8) is 0 Å². The Morgan fingerprint density at radius 2 is 2.06 bits per heavy atom. The number of aromatic nitrogens is 1. The second-order valence-corrected chi connectivity index (χ2v) is 4.50. The summed E-state index contributed by atoms with van der Waals surface area (Å²) in [7, 11) is 0. The van der Waals surface area contributed by atoms with E-state index in [4.69, 9.17) is 11.6 Å². The van der Waals surface area contributed by atoms with Crippen molar-refractivity contribution in [2.45, 2.75) is 0 Å². The van der Waals surface area contributed by atoms with Crippen LogP contribution in [0.4, 0.5) is 5.82 Å². The topological polar surface area (TPSA) is 42.0 Å². The summed E-state index contributed by atoms with van der Waals surface area (Å²) in [5.41, 5.74) is 0.409. The van der Waals surface area contributed by atoms with Gasteiger partial charge in [-0.15, -0.1) is 0 Å². The van der Waals surface area contributed by atoms with E-state index in [0.717, 1.165) is 0 Å². The molecule has 2 rings (SSSR count). The molecule has 0 radical (unpaired) electrons. The molecule has 1 N–H and O–H groups in total. The maximum absolute atomic E-state index is 11.9. The van der Waals surface area contributed by atoms with E-state index in [9.17, 15) is 4.79 Å². The van der Waals surface area contributed by atoms with Gasteiger partial charge in [-0.3, -0.25) is 4.79 Å². The van der Waals surface area contributed by atoms with Crippen LogP contribution in [0.1, 0.15) is 10.4 Å². The highest BCUT2D eigenvalue weighted by molar-refractivity contribution is 9.10. The summed E-state index contributed by atoms with van der Waals surface area (Å²) < 4.78 is 0.688. The number of anilines is 1. The summed E-state index contributed by atoms with van der Waals surface area (Å²) in [4.78, 5) is 15.9. The number of rotatable bonds is 2. The second-order valence-electron chi connectivity index (χ2n) is 3.27. The number of amides is 1. The predicted molar refractivity (Wildman–Crippen MR) is 71.3 cm³/mol. The van der Waals surface area contributed by atoms with Crippen molar-refractivity contribution in [3.8, 4) is 0 Å². The number of pyridine rings is 1. The maximum Gasteiger partial charge on any atom is 0.258 e. The molecule has 0 saturated heterocycles. The highest BCUT2D eigenvalue weighted by Crippen LogP contribution is 2.26. The minimum atomic E-state index is -0.282. The zero-order valence-corrected chi connectivity index (χ0v) is 11.0. The van der Waals surface area contributed by atoms with Gasteiger partial charge in [-0.25, -0.2) is 4.98 Å². The summed E-state index contributed by atoms with van der Waals surface area (Å²) >= 11 is 9.30. The minimum Gasteiger partial charge on any atom is -0.307 e. The Balaban J connectivity index is 2.24. The molecule has 1 aromatic heterocycles. The summed E-state index contributed by atoms with van der Waals surface area (Å²) in [6, 6.07) is 10.5. The number of hydrogen-bond donors (Lipinski definition) is 1. The molecule has 2 aromatic rings. The molecule has 0 fully saturated rings. The Morgan fingerprint density at radius 3 is 2.76 bits per heavy atom. The SMILES string of the molecule is O=C(Nc1ccccn1)c1cccc(Br)c1Cl. The van der Waals surface area contributed by atoms with Gasteiger partial charge in [-0.2, -0.15) is 0 Å². The van der Waals surface area contributed by atoms with Crippen LogP contribution in [0.15, 0.2) is 47.1 Å². The molecule has 0 bridgehead atoms. The molecule has 0 aliphatic carbocycles. The van der Waals surface area contributed by atoms with E-state index in [-0.39, 0.29) is 5.91 Å². The van der Waals surface area contributed by atoms with Crippen LogP contribution in [0, 0.1) is 0 Å². The molecule has 1 heterocycles. The van der Waals surface area contributed by atoms with Crippen LogP contribution >= 0.6 is 27.5 Å². The lowest BCUT2D eigenvalue weighted by atomic mass is 10.2. The highest BCUT2D eigenvalue weighted by Gasteiger charge is 2.12. The molecular formula is C12H8BrClN2O. The quantitative estimate of drug-likeness (QED) is 0.918. The normalized spacial score (nSPS) is 10.0. The fraction of sp³-hybridized carbons (Fsp3) is 0. The lowest BCUT2D eigenvalue weighted by molar-refractivity contribution is 0.102. The fourth-order valence-corrected chi connectivity index (χ4v) is 1.88. The Bertz CT molecular complexity index is 545. The first-order valence-corrected chi connectivity index (χ1v) is 6.02. The van der Waals surface area contributed by atoms with Crippen LogP contribution in [0.3, 0.4) is 0 Å². The van der Waals surface area contributed by atoms with Crippen molar-refractivity contribution >= 4 is 39.3 Å². The van der Waals surface area contributed by atoms with Crippen LogP contribution in [0.5, 0.6) is 0 Å². The molecule has 5 heteroatoms. The van der Waals surface area contributed by atoms with Crippen LogP contribution < -0.4 is 5.32 Å². The number of carbonyl (C=O) groups is 1. The smallest absolute Gasteiger partial charge is 0.258 e. The van der Waals surface area contributed by atoms with Crippen LogP contribution in [-0.2, 0) is 0 Å². The molecule has 0 spiro atoms. The molecule has 1 aromatic carbocycles. The zero-order valence-electron chi connectivity index (χ0n) is 8.65. The van der Waals surface area contributed by atoms with Crippen LogP contribution in [0.2, 0.25) is 5.02 Å². The molecule has 0 aliphatic rings. The largest absolute Gasteiger partial charge is 0.307 e. The van der Waals surface area contributed by atoms with E-state index in [1.165, 1.54) is 0 Å². The minimum absolute atomic E-state index is 0.282. The first-order chi connectivity index (χ1) is 8.18. The first-order valence-electron chi connectivity index (χ1n) is 4.85. The van der Waals surface area contributed by atoms with Crippen molar-refractivity contribution < 1.29 is 4.79 Å². The Kier molecular flexibility index (Phi) is 3.76. The fourth-order valence-electron chi connectivity index (χ4n) is 1.30. The molecule has 17 heavy (non-hydrogen) atoms. The third-order valence-corrected chi connectivity index (χ3v) is 3.40. The van der Waals surface area contributed by atoms with E-state index in [1.807, 2.05) is 0 Å². The molecule has 86 valence electrons. The number of benzene rings is 1. The number of halogens is 2. The summed E-state index contributed by atoms with van der Waals surface area (Å²) in [5.74, 6) is 0.212. The molecule has 3 nitrogen and oxygen atoms in total. The van der Waals surface area contributed by atoms with E-state index in [2.05, 4.69) is 26.2 Å². The number of nitrogens with zero attached hydrogens (tertiary/aromatic N) is 1. The monoisotopic (exact) mass is 310 g/mol. The average molecular weight is 312 g/mol. The van der Waals surface area contributed by atoms with Gasteiger partial charge in [-0.1, -0.05) is 23.7 Å². The summed E-state index contributed by atoms with van der Waals surface area (Å²) in [5, 5.41) is 3.06. The van der Waals surface area contributed by atoms with E-state index in [0.29, 0.717) is 20.9 Å². The highest BCUT2D eigenvalue weighted by atomic mass is 79.9. The van der Waals surface area contributed by atoms with Crippen molar-refractivity contribution in [1.29, 1.82) is 0 Å². The van der Waals surface area contributed by atoms with E-state index < -0.39 is 0 Å². The van der Waals surface area contributed by atoms with Gasteiger partial charge in [0.1, 0.15) is 5.82 Å². The first kappa shape index (κ1) is 12.1. The van der Waals surface area contributed by atoms with Gasteiger partial charge in [0.25, 0.3) is 5.91 Å². The Morgan fingerprint density at radius 1 is 1.24 bits per heavy atom. The lowest BCUT2D eigenvalue weighted by Crippen LogP contribution is -2.13.